The van der Waals surface area contributed by atoms with Gasteiger partial charge in [-0.1, -0.05) is 36.0 Å². The smallest absolute Gasteiger partial charge is 0.262 e. The third-order valence-electron chi connectivity index (χ3n) is 5.33. The molecule has 0 saturated heterocycles. The first kappa shape index (κ1) is 23.4. The van der Waals surface area contributed by atoms with E-state index in [9.17, 15) is 9.59 Å². The van der Waals surface area contributed by atoms with Crippen molar-refractivity contribution in [3.05, 3.63) is 88.7 Å². The van der Waals surface area contributed by atoms with Crippen LogP contribution in [0.25, 0.3) is 10.9 Å². The predicted molar refractivity (Wildman–Crippen MR) is 138 cm³/mol. The Kier molecular flexibility index (Phi) is 7.18. The van der Waals surface area contributed by atoms with E-state index in [2.05, 4.69) is 5.32 Å². The van der Waals surface area contributed by atoms with Gasteiger partial charge in [0.15, 0.2) is 5.16 Å². The molecule has 1 N–H and O–H groups in total. The summed E-state index contributed by atoms with van der Waals surface area (Å²) in [5.74, 6) is 0.710. The number of para-hydroxylation sites is 1. The van der Waals surface area contributed by atoms with E-state index >= 15 is 0 Å². The lowest BCUT2D eigenvalue weighted by molar-refractivity contribution is -0.113. The summed E-state index contributed by atoms with van der Waals surface area (Å²) in [5.41, 5.74) is 3.19. The van der Waals surface area contributed by atoms with Crippen LogP contribution in [0.4, 0.5) is 11.4 Å². The summed E-state index contributed by atoms with van der Waals surface area (Å²) in [6, 6.07) is 22.4. The lowest BCUT2D eigenvalue weighted by Gasteiger charge is -2.14. The van der Waals surface area contributed by atoms with Crippen LogP contribution in [-0.4, -0.2) is 42.4 Å². The summed E-state index contributed by atoms with van der Waals surface area (Å²) >= 11 is 1.25. The Morgan fingerprint density at radius 1 is 1.03 bits per heavy atom. The summed E-state index contributed by atoms with van der Waals surface area (Å²) in [6.45, 7) is 0.344. The molecule has 0 bridgehead atoms. The minimum atomic E-state index is -0.166. The number of rotatable bonds is 8. The highest BCUT2D eigenvalue weighted by Crippen LogP contribution is 2.21. The molecule has 1 amide bonds. The van der Waals surface area contributed by atoms with Gasteiger partial charge in [-0.2, -0.15) is 0 Å². The number of benzene rings is 3. The Bertz CT molecular complexity index is 1350. The monoisotopic (exact) mass is 474 g/mol. The molecule has 0 aliphatic carbocycles. The third-order valence-corrected chi connectivity index (χ3v) is 6.30. The Balaban J connectivity index is 1.55. The van der Waals surface area contributed by atoms with Gasteiger partial charge in [-0.15, -0.1) is 0 Å². The number of thioether (sulfide) groups is 1. The molecule has 1 aromatic heterocycles. The SMILES string of the molecule is COc1ccc(Cn2c(SCC(=O)Nc3ccc(N(C)C)cc3)nc3ccccc3c2=O)cc1. The van der Waals surface area contributed by atoms with Crippen molar-refractivity contribution in [3.63, 3.8) is 0 Å². The third kappa shape index (κ3) is 5.40. The van der Waals surface area contributed by atoms with Crippen molar-refractivity contribution < 1.29 is 9.53 Å². The van der Waals surface area contributed by atoms with Crippen molar-refractivity contribution in [1.82, 2.24) is 9.55 Å². The second kappa shape index (κ2) is 10.4. The van der Waals surface area contributed by atoms with Gasteiger partial charge in [0.25, 0.3) is 5.56 Å². The van der Waals surface area contributed by atoms with Gasteiger partial charge < -0.3 is 15.0 Å². The van der Waals surface area contributed by atoms with Gasteiger partial charge >= 0.3 is 0 Å². The van der Waals surface area contributed by atoms with E-state index in [-0.39, 0.29) is 17.2 Å². The van der Waals surface area contributed by atoms with Crippen LogP contribution in [0.1, 0.15) is 5.56 Å². The van der Waals surface area contributed by atoms with E-state index in [1.807, 2.05) is 85.7 Å². The van der Waals surface area contributed by atoms with Gasteiger partial charge in [0.05, 0.1) is 30.3 Å². The predicted octanol–water partition coefficient (Wildman–Crippen LogP) is 4.25. The minimum Gasteiger partial charge on any atom is -0.497 e. The van der Waals surface area contributed by atoms with E-state index in [0.29, 0.717) is 22.6 Å². The topological polar surface area (TPSA) is 76.5 Å². The number of fused-ring (bicyclic) bond motifs is 1. The highest BCUT2D eigenvalue weighted by atomic mass is 32.2. The Hall–Kier alpha value is -3.78. The summed E-state index contributed by atoms with van der Waals surface area (Å²) in [7, 11) is 5.54. The number of anilines is 2. The molecule has 0 aliphatic rings. The highest BCUT2D eigenvalue weighted by Gasteiger charge is 2.14. The molecule has 8 heteroatoms. The number of nitrogens with zero attached hydrogens (tertiary/aromatic N) is 3. The van der Waals surface area contributed by atoms with E-state index < -0.39 is 0 Å². The minimum absolute atomic E-state index is 0.128. The average Bonchev–Trinajstić information content (AvgIpc) is 2.85. The first-order chi connectivity index (χ1) is 16.4. The van der Waals surface area contributed by atoms with Crippen molar-refractivity contribution >= 4 is 39.9 Å². The maximum absolute atomic E-state index is 13.3. The Morgan fingerprint density at radius 3 is 2.41 bits per heavy atom. The molecule has 0 radical (unpaired) electrons. The second-order valence-electron chi connectivity index (χ2n) is 7.93. The zero-order valence-corrected chi connectivity index (χ0v) is 20.1. The van der Waals surface area contributed by atoms with E-state index in [1.165, 1.54) is 11.8 Å². The lowest BCUT2D eigenvalue weighted by Crippen LogP contribution is -2.25. The van der Waals surface area contributed by atoms with Crippen molar-refractivity contribution in [2.75, 3.05) is 37.2 Å². The first-order valence-corrected chi connectivity index (χ1v) is 11.8. The van der Waals surface area contributed by atoms with Gasteiger partial charge in [0.2, 0.25) is 5.91 Å². The maximum atomic E-state index is 13.3. The quantitative estimate of drug-likeness (QED) is 0.304. The van der Waals surface area contributed by atoms with Crippen LogP contribution in [0, 0.1) is 0 Å². The number of aromatic nitrogens is 2. The Morgan fingerprint density at radius 2 is 1.74 bits per heavy atom. The molecule has 0 saturated carbocycles. The molecular weight excluding hydrogens is 448 g/mol. The zero-order valence-electron chi connectivity index (χ0n) is 19.3. The summed E-state index contributed by atoms with van der Waals surface area (Å²) in [4.78, 5) is 32.6. The van der Waals surface area contributed by atoms with Crippen molar-refractivity contribution in [3.8, 4) is 5.75 Å². The van der Waals surface area contributed by atoms with Crippen LogP contribution in [0.15, 0.2) is 82.7 Å². The number of carbonyl (C=O) groups is 1. The maximum Gasteiger partial charge on any atom is 0.262 e. The fourth-order valence-corrected chi connectivity index (χ4v) is 4.28. The number of methoxy groups -OCH3 is 1. The molecule has 3 aromatic carbocycles. The Labute approximate surface area is 202 Å². The molecule has 7 nitrogen and oxygen atoms in total. The van der Waals surface area contributed by atoms with Gasteiger partial charge in [-0.3, -0.25) is 14.2 Å². The van der Waals surface area contributed by atoms with Crippen molar-refractivity contribution in [1.29, 1.82) is 0 Å². The van der Waals surface area contributed by atoms with Crippen LogP contribution in [0.3, 0.4) is 0 Å². The average molecular weight is 475 g/mol. The highest BCUT2D eigenvalue weighted by molar-refractivity contribution is 7.99. The summed E-state index contributed by atoms with van der Waals surface area (Å²) < 4.78 is 6.84. The molecule has 0 spiro atoms. The molecule has 0 aliphatic heterocycles. The molecular formula is C26H26N4O3S. The number of amides is 1. The van der Waals surface area contributed by atoms with E-state index in [0.717, 1.165) is 22.7 Å². The van der Waals surface area contributed by atoms with E-state index in [4.69, 9.17) is 9.72 Å². The second-order valence-corrected chi connectivity index (χ2v) is 8.87. The van der Waals surface area contributed by atoms with Gasteiger partial charge in [0.1, 0.15) is 5.75 Å². The molecule has 174 valence electrons. The van der Waals surface area contributed by atoms with Crippen LogP contribution in [0.2, 0.25) is 0 Å². The van der Waals surface area contributed by atoms with Gasteiger partial charge in [0, 0.05) is 25.5 Å². The van der Waals surface area contributed by atoms with Crippen molar-refractivity contribution in [2.24, 2.45) is 0 Å². The number of hydrogen-bond acceptors (Lipinski definition) is 6. The first-order valence-electron chi connectivity index (χ1n) is 10.8. The van der Waals surface area contributed by atoms with Crippen LogP contribution in [-0.2, 0) is 11.3 Å². The molecule has 4 rings (SSSR count). The van der Waals surface area contributed by atoms with Crippen molar-refractivity contribution in [2.45, 2.75) is 11.7 Å². The number of hydrogen-bond donors (Lipinski definition) is 1. The largest absolute Gasteiger partial charge is 0.497 e. The fourth-order valence-electron chi connectivity index (χ4n) is 3.48. The number of carbonyl (C=O) groups excluding carboxylic acids is 1. The number of ether oxygens (including phenoxy) is 1. The summed E-state index contributed by atoms with van der Waals surface area (Å²) in [5, 5.41) is 3.95. The van der Waals surface area contributed by atoms with Crippen LogP contribution >= 0.6 is 11.8 Å². The van der Waals surface area contributed by atoms with Crippen LogP contribution in [0.5, 0.6) is 5.75 Å². The standard InChI is InChI=1S/C26H26N4O3S/c1-29(2)20-12-10-19(11-13-20)27-24(31)17-34-26-28-23-7-5-4-6-22(23)25(32)30(26)16-18-8-14-21(33-3)15-9-18/h4-15H,16-17H2,1-3H3,(H,27,31). The zero-order chi connectivity index (χ0) is 24.1. The van der Waals surface area contributed by atoms with Gasteiger partial charge in [-0.05, 0) is 54.1 Å². The van der Waals surface area contributed by atoms with Crippen LogP contribution < -0.4 is 20.5 Å². The lowest BCUT2D eigenvalue weighted by atomic mass is 10.2. The molecule has 4 aromatic rings. The normalized spacial score (nSPS) is 10.8. The summed E-state index contributed by atoms with van der Waals surface area (Å²) in [6.07, 6.45) is 0. The number of nitrogens with one attached hydrogen (secondary N) is 1. The fraction of sp³-hybridized carbons (Fsp3) is 0.192. The molecule has 0 fully saturated rings. The molecule has 0 atom stereocenters. The molecule has 34 heavy (non-hydrogen) atoms. The molecule has 1 heterocycles. The van der Waals surface area contributed by atoms with E-state index in [1.54, 1.807) is 17.7 Å². The molecule has 0 unspecified atom stereocenters. The van der Waals surface area contributed by atoms with Gasteiger partial charge in [-0.25, -0.2) is 4.98 Å².